The van der Waals surface area contributed by atoms with E-state index >= 15 is 0 Å². The van der Waals surface area contributed by atoms with E-state index in [-0.39, 0.29) is 35.0 Å². The van der Waals surface area contributed by atoms with Crippen LogP contribution in [0.3, 0.4) is 0 Å². The molecule has 0 saturated heterocycles. The highest BCUT2D eigenvalue weighted by molar-refractivity contribution is 8.04. The number of aromatic nitrogens is 1. The molecule has 0 unspecified atom stereocenters. The predicted octanol–water partition coefficient (Wildman–Crippen LogP) is 36.1. The van der Waals surface area contributed by atoms with Crippen molar-refractivity contribution < 1.29 is 37.9 Å². The first-order chi connectivity index (χ1) is 71.5. The number of amidine groups is 6. The molecule has 1 N–H and O–H groups in total. The highest BCUT2D eigenvalue weighted by Gasteiger charge is 2.41. The molecule has 754 valence electrons. The van der Waals surface area contributed by atoms with E-state index in [1.165, 1.54) is 0 Å². The number of unbranched alkanes of at least 4 members (excludes halogenated alkanes) is 16. The molecule has 0 atom stereocenters. The SMILES string of the molecule is CCCCCOc1c(Sc2ccccc2)c(Sc2ccccc2)c(OCCCCC)c2c1C(=N)N=C2N=C1[N-]C(=NC2=N/C(=N\c3[n-]c(C)c4c(OCCCCC)c(Sc5ccccc5)c(Sc5ccccc5)c(OCCCCC)c34)c3c(OCCCCC)c(Sc4ccccc4)c(Sc4ccccc4)c(OCCCCC)c32)c2c(OCCCCC)c(Sc3ccccc3)c(Sc3ccccc3)c(OCCCCC)c21. The first-order valence-corrected chi connectivity index (χ1v) is 58.6. The van der Waals surface area contributed by atoms with Gasteiger partial charge in [0, 0.05) is 72.7 Å². The van der Waals surface area contributed by atoms with Crippen LogP contribution in [0, 0.1) is 12.3 Å². The molecule has 1 aromatic heterocycles. The minimum Gasteiger partial charge on any atom is -0.492 e. The first kappa shape index (κ1) is 107. The smallest absolute Gasteiger partial charge is 0.157 e. The standard InChI is InChI=1S/C121H132N8O8S8/c1-10-18-50-74-130-99-91-82(9)123-116(93(91)101(132-76-52-20-12-3)109(140-85-62-38-28-39-63-85)107(99)138-83-58-34-26-35-59-83)125-118-95-97(105(136-80-56-24-16-7)113(144-89-70-46-32-47-71-89)111(103(95)134-78-54-22-14-5)142-87-66-42-30-43-67-87)120(127-118)129-121-98-96(104(135-79-55-23-15-6)112(143-88-68-44-31-45-69-88)114(106(98)137-81-57-25-17-8)145-90-72-48-33-49-73-90)119(128-121)126-117-94-92(115(122)124-117)100(131-75-51-19-11-2)108(139-84-60-36-27-37-61-84)110(102(94)133-77-53-21-13-4)141-86-64-40-29-41-65-86/h26-49,58-73H,10-25,50-57,74-81H2,1-9H3,(H-,122,124,125,126,127,128,129)/q-2. The van der Waals surface area contributed by atoms with E-state index in [0.717, 1.165) is 244 Å². The lowest BCUT2D eigenvalue weighted by molar-refractivity contribution is 0.284. The molecule has 24 heteroatoms. The van der Waals surface area contributed by atoms with Gasteiger partial charge in [-0.2, -0.15) is 0 Å². The summed E-state index contributed by atoms with van der Waals surface area (Å²) in [6.45, 7) is 22.9. The molecule has 0 amide bonds. The van der Waals surface area contributed by atoms with Crippen LogP contribution in [0.15, 0.2) is 346 Å². The van der Waals surface area contributed by atoms with Crippen molar-refractivity contribution in [3.63, 3.8) is 0 Å². The molecule has 0 radical (unpaired) electrons. The number of nitrogens with one attached hydrogen (secondary N) is 1. The van der Waals surface area contributed by atoms with Crippen LogP contribution in [0.25, 0.3) is 16.1 Å². The van der Waals surface area contributed by atoms with E-state index in [1.54, 1.807) is 94.1 Å². The van der Waals surface area contributed by atoms with E-state index in [1.807, 2.05) is 12.1 Å². The van der Waals surface area contributed by atoms with Crippen LogP contribution in [-0.2, 0) is 0 Å². The van der Waals surface area contributed by atoms with Crippen molar-refractivity contribution in [2.45, 2.75) is 295 Å². The monoisotopic (exact) mass is 2080 g/mol. The molecule has 3 aliphatic rings. The molecular formula is C121H132N8O8S8-2. The van der Waals surface area contributed by atoms with Gasteiger partial charge in [-0.15, -0.1) is 0 Å². The zero-order valence-electron chi connectivity index (χ0n) is 84.9. The van der Waals surface area contributed by atoms with Gasteiger partial charge in [-0.25, -0.2) is 9.98 Å². The third kappa shape index (κ3) is 27.4. The topological polar surface area (TPSA) is 188 Å². The second-order valence-corrected chi connectivity index (χ2v) is 44.4. The highest BCUT2D eigenvalue weighted by Crippen LogP contribution is 2.62. The van der Waals surface area contributed by atoms with E-state index in [2.05, 4.69) is 293 Å². The summed E-state index contributed by atoms with van der Waals surface area (Å²) in [7, 11) is 0. The molecule has 0 saturated carbocycles. The molecular weight excluding hydrogens is 1950 g/mol. The Morgan fingerprint density at radius 3 is 0.717 bits per heavy atom. The summed E-state index contributed by atoms with van der Waals surface area (Å²) in [4.78, 5) is 50.5. The van der Waals surface area contributed by atoms with Gasteiger partial charge in [-0.05, 0) is 161 Å². The van der Waals surface area contributed by atoms with E-state index in [9.17, 15) is 5.41 Å². The van der Waals surface area contributed by atoms with Crippen LogP contribution in [0.4, 0.5) is 5.82 Å². The van der Waals surface area contributed by atoms with Crippen LogP contribution < -0.4 is 42.9 Å². The van der Waals surface area contributed by atoms with Crippen LogP contribution >= 0.6 is 94.1 Å². The van der Waals surface area contributed by atoms with Crippen molar-refractivity contribution >= 4 is 146 Å². The number of nitrogens with zero attached hydrogens (tertiary/aromatic N) is 7. The van der Waals surface area contributed by atoms with Gasteiger partial charge in [-0.3, -0.25) is 5.41 Å². The molecule has 16 rings (SSSR count). The van der Waals surface area contributed by atoms with Crippen LogP contribution in [0.1, 0.15) is 249 Å². The number of hydrogen-bond acceptors (Lipinski definition) is 20. The number of aliphatic imine (C=N–C) groups is 5. The normalized spacial score (nSPS) is 13.3. The summed E-state index contributed by atoms with van der Waals surface area (Å²) in [5, 5.41) is 18.2. The zero-order chi connectivity index (χ0) is 100. The molecule has 16 nitrogen and oxygen atoms in total. The average molecular weight is 2080 g/mol. The Labute approximate surface area is 892 Å². The molecule has 12 aromatic carbocycles. The van der Waals surface area contributed by atoms with Crippen LogP contribution in [0.5, 0.6) is 46.0 Å². The second-order valence-electron chi connectivity index (χ2n) is 35.7. The third-order valence-corrected chi connectivity index (χ3v) is 33.8. The molecule has 4 heterocycles. The zero-order valence-corrected chi connectivity index (χ0v) is 91.4. The van der Waals surface area contributed by atoms with Crippen molar-refractivity contribution in [3.05, 3.63) is 287 Å². The summed E-state index contributed by atoms with van der Waals surface area (Å²) < 4.78 is 61.0. The average Bonchev–Trinajstić information content (AvgIpc) is 1.56. The van der Waals surface area contributed by atoms with Gasteiger partial charge < -0.3 is 63.2 Å². The summed E-state index contributed by atoms with van der Waals surface area (Å²) in [6.07, 6.45) is 21.4. The number of ether oxygens (including phenoxy) is 8. The van der Waals surface area contributed by atoms with Gasteiger partial charge >= 0.3 is 0 Å². The number of aryl methyl sites for hydroxylation is 1. The molecule has 0 bridgehead atoms. The van der Waals surface area contributed by atoms with Crippen molar-refractivity contribution in [2.75, 3.05) is 52.9 Å². The summed E-state index contributed by atoms with van der Waals surface area (Å²) in [5.74, 6) is 6.20. The summed E-state index contributed by atoms with van der Waals surface area (Å²) in [6, 6.07) is 84.2. The van der Waals surface area contributed by atoms with Crippen molar-refractivity contribution in [1.82, 2.24) is 4.98 Å². The largest absolute Gasteiger partial charge is 0.492 e. The molecule has 0 fully saturated rings. The van der Waals surface area contributed by atoms with Crippen molar-refractivity contribution in [3.8, 4) is 46.0 Å². The maximum Gasteiger partial charge on any atom is 0.157 e. The second kappa shape index (κ2) is 55.8. The highest BCUT2D eigenvalue weighted by atomic mass is 32.2. The molecule has 13 aromatic rings. The maximum atomic E-state index is 10.6. The van der Waals surface area contributed by atoms with Gasteiger partial charge in [0.05, 0.1) is 132 Å². The minimum atomic E-state index is -0.0230. The Kier molecular flexibility index (Phi) is 41.2. The fourth-order valence-electron chi connectivity index (χ4n) is 17.1. The Balaban J connectivity index is 1.07. The van der Waals surface area contributed by atoms with Gasteiger partial charge in [0.2, 0.25) is 0 Å². The van der Waals surface area contributed by atoms with Gasteiger partial charge in [0.15, 0.2) is 5.84 Å². The predicted molar refractivity (Wildman–Crippen MR) is 609 cm³/mol. The Hall–Kier alpha value is -10.8. The molecule has 145 heavy (non-hydrogen) atoms. The number of hydrogen-bond donors (Lipinski definition) is 1. The Morgan fingerprint density at radius 2 is 0.455 bits per heavy atom. The Morgan fingerprint density at radius 1 is 0.241 bits per heavy atom. The van der Waals surface area contributed by atoms with Crippen molar-refractivity contribution in [1.29, 1.82) is 5.41 Å². The lowest BCUT2D eigenvalue weighted by Gasteiger charge is -2.25. The molecule has 0 aliphatic carbocycles. The van der Waals surface area contributed by atoms with Gasteiger partial charge in [0.1, 0.15) is 46.0 Å². The lowest BCUT2D eigenvalue weighted by atomic mass is 10.0. The van der Waals surface area contributed by atoms with Gasteiger partial charge in [0.25, 0.3) is 0 Å². The van der Waals surface area contributed by atoms with Crippen LogP contribution in [0.2, 0.25) is 0 Å². The number of fused-ring (bicyclic) bond motifs is 4. The quantitative estimate of drug-likeness (QED) is 0.0354. The van der Waals surface area contributed by atoms with E-state index < -0.39 is 0 Å². The van der Waals surface area contributed by atoms with Gasteiger partial charge in [-0.1, -0.05) is 404 Å². The minimum absolute atomic E-state index is 0.0230. The van der Waals surface area contributed by atoms with Crippen LogP contribution in [-0.4, -0.2) is 87.9 Å². The number of benzene rings is 12. The lowest BCUT2D eigenvalue weighted by Crippen LogP contribution is -2.13. The molecule has 3 aliphatic heterocycles. The summed E-state index contributed by atoms with van der Waals surface area (Å²) >= 11 is 13.1. The maximum absolute atomic E-state index is 10.6. The van der Waals surface area contributed by atoms with E-state index in [0.29, 0.717) is 143 Å². The van der Waals surface area contributed by atoms with E-state index in [4.69, 9.17) is 73.2 Å². The summed E-state index contributed by atoms with van der Waals surface area (Å²) in [5.41, 5.74) is 3.92. The Bertz CT molecular complexity index is 6620. The van der Waals surface area contributed by atoms with Crippen molar-refractivity contribution in [2.24, 2.45) is 25.0 Å². The third-order valence-electron chi connectivity index (χ3n) is 24.4. The first-order valence-electron chi connectivity index (χ1n) is 52.0. The molecule has 0 spiro atoms. The number of rotatable bonds is 57. The fourth-order valence-corrected chi connectivity index (χ4v) is 25.8. The fraction of sp³-hybridized carbons (Fsp3) is 0.339.